The highest BCUT2D eigenvalue weighted by atomic mass is 32.2. The number of halogens is 2. The molecular formula is C7H12F2O3S. The van der Waals surface area contributed by atoms with Crippen LogP contribution in [0.2, 0.25) is 0 Å². The zero-order chi connectivity index (χ0) is 10.1. The second-order valence-corrected chi connectivity index (χ2v) is 5.01. The molecule has 6 heteroatoms. The highest BCUT2D eigenvalue weighted by Gasteiger charge is 2.45. The molecule has 1 saturated carbocycles. The average molecular weight is 214 g/mol. The summed E-state index contributed by atoms with van der Waals surface area (Å²) in [5.74, 6) is -0.267. The maximum Gasteiger partial charge on any atom is 0.370 e. The first kappa shape index (κ1) is 10.8. The molecule has 0 atom stereocenters. The van der Waals surface area contributed by atoms with Crippen LogP contribution < -0.4 is 0 Å². The number of hydrogen-bond acceptors (Lipinski definition) is 2. The van der Waals surface area contributed by atoms with Crippen LogP contribution in [0.15, 0.2) is 0 Å². The molecule has 0 aromatic rings. The van der Waals surface area contributed by atoms with Gasteiger partial charge in [-0.15, -0.1) is 0 Å². The van der Waals surface area contributed by atoms with Crippen molar-refractivity contribution in [1.29, 1.82) is 0 Å². The molecule has 13 heavy (non-hydrogen) atoms. The average Bonchev–Trinajstić information content (AvgIpc) is 2.35. The van der Waals surface area contributed by atoms with Gasteiger partial charge in [0.25, 0.3) is 0 Å². The Bertz CT molecular complexity index is 267. The Hall–Kier alpha value is -0.230. The van der Waals surface area contributed by atoms with Crippen LogP contribution in [0.4, 0.5) is 8.78 Å². The van der Waals surface area contributed by atoms with E-state index >= 15 is 0 Å². The van der Waals surface area contributed by atoms with Crippen molar-refractivity contribution in [3.63, 3.8) is 0 Å². The van der Waals surface area contributed by atoms with Gasteiger partial charge in [-0.3, -0.25) is 4.55 Å². The summed E-state index contributed by atoms with van der Waals surface area (Å²) < 4.78 is 54.2. The third kappa shape index (κ3) is 2.60. The van der Waals surface area contributed by atoms with Crippen LogP contribution in [-0.4, -0.2) is 18.2 Å². The molecule has 0 bridgehead atoms. The van der Waals surface area contributed by atoms with Crippen LogP contribution in [0, 0.1) is 5.92 Å². The number of rotatable bonds is 3. The first-order valence-corrected chi connectivity index (χ1v) is 5.62. The minimum Gasteiger partial charge on any atom is -0.281 e. The van der Waals surface area contributed by atoms with Crippen molar-refractivity contribution in [1.82, 2.24) is 0 Å². The Kier molecular flexibility index (Phi) is 2.91. The van der Waals surface area contributed by atoms with Crippen LogP contribution >= 0.6 is 0 Å². The summed E-state index contributed by atoms with van der Waals surface area (Å²) in [6.45, 7) is 0. The summed E-state index contributed by atoms with van der Waals surface area (Å²) in [6, 6.07) is 0. The normalized spacial score (nSPS) is 20.8. The van der Waals surface area contributed by atoms with E-state index in [9.17, 15) is 17.2 Å². The van der Waals surface area contributed by atoms with E-state index in [4.69, 9.17) is 4.55 Å². The minimum atomic E-state index is -5.22. The van der Waals surface area contributed by atoms with Crippen molar-refractivity contribution in [2.45, 2.75) is 37.4 Å². The van der Waals surface area contributed by atoms with Crippen molar-refractivity contribution in [3.8, 4) is 0 Å². The second kappa shape index (κ2) is 3.49. The van der Waals surface area contributed by atoms with E-state index in [1.165, 1.54) is 0 Å². The molecule has 0 amide bonds. The maximum absolute atomic E-state index is 12.7. The minimum absolute atomic E-state index is 0.267. The lowest BCUT2D eigenvalue weighted by molar-refractivity contribution is 0.0537. The van der Waals surface area contributed by atoms with Crippen molar-refractivity contribution in [2.75, 3.05) is 0 Å². The monoisotopic (exact) mass is 214 g/mol. The van der Waals surface area contributed by atoms with Gasteiger partial charge in [0.1, 0.15) is 0 Å². The summed E-state index contributed by atoms with van der Waals surface area (Å²) in [5.41, 5.74) is 0. The molecule has 1 fully saturated rings. The lowest BCUT2D eigenvalue weighted by atomic mass is 10.1. The largest absolute Gasteiger partial charge is 0.370 e. The van der Waals surface area contributed by atoms with E-state index < -0.39 is 21.8 Å². The standard InChI is InChI=1S/C7H12F2O3S/c8-7(9,13(10,11)12)5-6-3-1-2-4-6/h6H,1-5H2,(H,10,11,12). The van der Waals surface area contributed by atoms with Crippen molar-refractivity contribution < 1.29 is 21.8 Å². The predicted octanol–water partition coefficient (Wildman–Crippen LogP) is 2.05. The molecule has 0 aromatic carbocycles. The molecule has 0 radical (unpaired) electrons. The van der Waals surface area contributed by atoms with E-state index in [-0.39, 0.29) is 5.92 Å². The van der Waals surface area contributed by atoms with Gasteiger partial charge in [-0.05, 0) is 5.92 Å². The van der Waals surface area contributed by atoms with E-state index in [1.807, 2.05) is 0 Å². The second-order valence-electron chi connectivity index (χ2n) is 3.47. The fraction of sp³-hybridized carbons (Fsp3) is 1.00. The molecule has 0 aliphatic heterocycles. The molecule has 1 aliphatic carbocycles. The quantitative estimate of drug-likeness (QED) is 0.731. The molecule has 1 N–H and O–H groups in total. The van der Waals surface area contributed by atoms with Crippen LogP contribution in [0.3, 0.4) is 0 Å². The topological polar surface area (TPSA) is 54.4 Å². The molecular weight excluding hydrogens is 202 g/mol. The Morgan fingerprint density at radius 3 is 2.15 bits per heavy atom. The zero-order valence-corrected chi connectivity index (χ0v) is 7.86. The smallest absolute Gasteiger partial charge is 0.281 e. The summed E-state index contributed by atoms with van der Waals surface area (Å²) in [6.07, 6.45) is 2.25. The molecule has 0 saturated heterocycles. The lowest BCUT2D eigenvalue weighted by Crippen LogP contribution is -2.30. The highest BCUT2D eigenvalue weighted by Crippen LogP contribution is 2.36. The highest BCUT2D eigenvalue weighted by molar-refractivity contribution is 7.86. The Labute approximate surface area is 75.9 Å². The first-order valence-electron chi connectivity index (χ1n) is 4.18. The predicted molar refractivity (Wildman–Crippen MR) is 43.1 cm³/mol. The Balaban J connectivity index is 2.61. The van der Waals surface area contributed by atoms with Crippen LogP contribution in [0.5, 0.6) is 0 Å². The van der Waals surface area contributed by atoms with Crippen LogP contribution in [0.1, 0.15) is 32.1 Å². The van der Waals surface area contributed by atoms with Gasteiger partial charge in [0.05, 0.1) is 0 Å². The summed E-state index contributed by atoms with van der Waals surface area (Å²) >= 11 is 0. The third-order valence-electron chi connectivity index (χ3n) is 2.38. The van der Waals surface area contributed by atoms with Gasteiger partial charge in [0.2, 0.25) is 0 Å². The molecule has 78 valence electrons. The van der Waals surface area contributed by atoms with Gasteiger partial charge in [-0.25, -0.2) is 0 Å². The number of hydrogen-bond donors (Lipinski definition) is 1. The summed E-state index contributed by atoms with van der Waals surface area (Å²) in [7, 11) is -5.22. The molecule has 1 rings (SSSR count). The van der Waals surface area contributed by atoms with E-state index in [2.05, 4.69) is 0 Å². The molecule has 0 heterocycles. The van der Waals surface area contributed by atoms with Gasteiger partial charge >= 0.3 is 15.4 Å². The zero-order valence-electron chi connectivity index (χ0n) is 7.04. The van der Waals surface area contributed by atoms with Gasteiger partial charge in [-0.1, -0.05) is 25.7 Å². The fourth-order valence-corrected chi connectivity index (χ4v) is 2.10. The van der Waals surface area contributed by atoms with Crippen LogP contribution in [-0.2, 0) is 10.1 Å². The number of alkyl halides is 2. The van der Waals surface area contributed by atoms with Crippen molar-refractivity contribution in [2.24, 2.45) is 5.92 Å². The fourth-order valence-electron chi connectivity index (χ4n) is 1.66. The Morgan fingerprint density at radius 1 is 1.31 bits per heavy atom. The molecule has 1 aliphatic rings. The van der Waals surface area contributed by atoms with Gasteiger partial charge < -0.3 is 0 Å². The SMILES string of the molecule is O=S(=O)(O)C(F)(F)CC1CCCC1. The van der Waals surface area contributed by atoms with Crippen molar-refractivity contribution in [3.05, 3.63) is 0 Å². The third-order valence-corrected chi connectivity index (χ3v) is 3.30. The van der Waals surface area contributed by atoms with Gasteiger partial charge in [0.15, 0.2) is 0 Å². The molecule has 3 nitrogen and oxygen atoms in total. The summed E-state index contributed by atoms with van der Waals surface area (Å²) in [4.78, 5) is 0. The van der Waals surface area contributed by atoms with E-state index in [0.29, 0.717) is 12.8 Å². The molecule has 0 unspecified atom stereocenters. The first-order chi connectivity index (χ1) is 5.83. The Morgan fingerprint density at radius 2 is 1.77 bits per heavy atom. The van der Waals surface area contributed by atoms with E-state index in [1.54, 1.807) is 0 Å². The summed E-state index contributed by atoms with van der Waals surface area (Å²) in [5, 5.41) is -3.97. The van der Waals surface area contributed by atoms with Gasteiger partial charge in [0, 0.05) is 6.42 Å². The van der Waals surface area contributed by atoms with E-state index in [0.717, 1.165) is 12.8 Å². The van der Waals surface area contributed by atoms with Crippen LogP contribution in [0.25, 0.3) is 0 Å². The van der Waals surface area contributed by atoms with Gasteiger partial charge in [-0.2, -0.15) is 17.2 Å². The maximum atomic E-state index is 12.7. The lowest BCUT2D eigenvalue weighted by Gasteiger charge is -2.16. The molecule has 0 spiro atoms. The molecule has 0 aromatic heterocycles. The van der Waals surface area contributed by atoms with Crippen molar-refractivity contribution >= 4 is 10.1 Å².